The predicted octanol–water partition coefficient (Wildman–Crippen LogP) is 6.33. The molecule has 0 aliphatic carbocycles. The lowest BCUT2D eigenvalue weighted by molar-refractivity contribution is 0.306. The van der Waals surface area contributed by atoms with E-state index < -0.39 is 0 Å². The lowest BCUT2D eigenvalue weighted by Crippen LogP contribution is -2.05. The lowest BCUT2D eigenvalue weighted by atomic mass is 10.1. The zero-order valence-electron chi connectivity index (χ0n) is 16.9. The van der Waals surface area contributed by atoms with E-state index in [-0.39, 0.29) is 6.61 Å². The highest BCUT2D eigenvalue weighted by Crippen LogP contribution is 2.36. The number of benzene rings is 2. The van der Waals surface area contributed by atoms with E-state index in [4.69, 9.17) is 44.0 Å². The van der Waals surface area contributed by atoms with E-state index in [2.05, 4.69) is 15.3 Å². The van der Waals surface area contributed by atoms with Crippen molar-refractivity contribution in [3.05, 3.63) is 80.4 Å². The molecule has 0 unspecified atom stereocenters. The molecule has 0 saturated heterocycles. The molecule has 160 valence electrons. The Balaban J connectivity index is 1.43. The molecule has 9 heteroatoms. The molecule has 31 heavy (non-hydrogen) atoms. The number of aryl methyl sites for hydroxylation is 4. The third-order valence-electron chi connectivity index (χ3n) is 4.63. The van der Waals surface area contributed by atoms with E-state index in [1.807, 2.05) is 48.9 Å². The third-order valence-corrected chi connectivity index (χ3v) is 5.41. The normalized spacial score (nSPS) is 11.1. The van der Waals surface area contributed by atoms with Gasteiger partial charge in [0.25, 0.3) is 0 Å². The van der Waals surface area contributed by atoms with Crippen LogP contribution in [-0.2, 0) is 19.6 Å². The minimum Gasteiger partial charge on any atom is -0.486 e. The van der Waals surface area contributed by atoms with Gasteiger partial charge in [-0.1, -0.05) is 46.9 Å². The molecule has 0 radical (unpaired) electrons. The zero-order chi connectivity index (χ0) is 22.0. The largest absolute Gasteiger partial charge is 0.486 e. The number of rotatable bonds is 7. The smallest absolute Gasteiger partial charge is 0.247 e. The van der Waals surface area contributed by atoms with Gasteiger partial charge in [0, 0.05) is 29.2 Å². The summed E-state index contributed by atoms with van der Waals surface area (Å²) in [5, 5.41) is 14.0. The van der Waals surface area contributed by atoms with E-state index in [9.17, 15) is 0 Å². The van der Waals surface area contributed by atoms with Gasteiger partial charge in [-0.2, -0.15) is 5.10 Å². The number of halogens is 3. The highest BCUT2D eigenvalue weighted by atomic mass is 35.5. The summed E-state index contributed by atoms with van der Waals surface area (Å²) >= 11 is 18.3. The minimum atomic E-state index is 0.272. The summed E-state index contributed by atoms with van der Waals surface area (Å²) in [5.41, 5.74) is 3.80. The first-order valence-electron chi connectivity index (χ1n) is 9.59. The van der Waals surface area contributed by atoms with E-state index in [0.29, 0.717) is 45.6 Å². The van der Waals surface area contributed by atoms with Gasteiger partial charge in [-0.15, -0.1) is 10.2 Å². The van der Waals surface area contributed by atoms with Gasteiger partial charge in [0.2, 0.25) is 11.8 Å². The fourth-order valence-corrected chi connectivity index (χ4v) is 4.12. The van der Waals surface area contributed by atoms with Gasteiger partial charge >= 0.3 is 0 Å². The van der Waals surface area contributed by atoms with Gasteiger partial charge < -0.3 is 9.15 Å². The Morgan fingerprint density at radius 1 is 1.00 bits per heavy atom. The lowest BCUT2D eigenvalue weighted by Gasteiger charge is -2.11. The van der Waals surface area contributed by atoms with Crippen LogP contribution in [0.3, 0.4) is 0 Å². The molecular weight excluding hydrogens is 459 g/mol. The maximum atomic E-state index is 6.18. The SMILES string of the molecule is Cc1cc(C)n(CCc2nnc(-c3cccc(COc4c(Cl)cc(Cl)cc4Cl)c3)o2)n1. The summed E-state index contributed by atoms with van der Waals surface area (Å²) in [6.45, 7) is 4.95. The summed E-state index contributed by atoms with van der Waals surface area (Å²) in [6, 6.07) is 12.9. The summed E-state index contributed by atoms with van der Waals surface area (Å²) in [7, 11) is 0. The molecule has 2 heterocycles. The van der Waals surface area contributed by atoms with Crippen LogP contribution in [0.5, 0.6) is 5.75 Å². The van der Waals surface area contributed by atoms with E-state index in [0.717, 1.165) is 22.5 Å². The number of hydrogen-bond donors (Lipinski definition) is 0. The first kappa shape index (κ1) is 21.7. The molecule has 2 aromatic heterocycles. The summed E-state index contributed by atoms with van der Waals surface area (Å²) in [5.74, 6) is 1.40. The van der Waals surface area contributed by atoms with Crippen molar-refractivity contribution in [2.45, 2.75) is 33.4 Å². The van der Waals surface area contributed by atoms with Crippen LogP contribution in [0.4, 0.5) is 0 Å². The fourth-order valence-electron chi connectivity index (χ4n) is 3.19. The number of ether oxygens (including phenoxy) is 1. The molecule has 0 amide bonds. The van der Waals surface area contributed by atoms with Crippen molar-refractivity contribution >= 4 is 34.8 Å². The molecule has 0 atom stereocenters. The quantitative estimate of drug-likeness (QED) is 0.311. The van der Waals surface area contributed by atoms with Crippen molar-refractivity contribution in [1.29, 1.82) is 0 Å². The van der Waals surface area contributed by atoms with Crippen LogP contribution < -0.4 is 4.74 Å². The van der Waals surface area contributed by atoms with Gasteiger partial charge in [0.05, 0.1) is 15.7 Å². The van der Waals surface area contributed by atoms with Crippen LogP contribution in [-0.4, -0.2) is 20.0 Å². The summed E-state index contributed by atoms with van der Waals surface area (Å²) < 4.78 is 13.6. The molecular formula is C22H19Cl3N4O2. The second-order valence-electron chi connectivity index (χ2n) is 7.09. The van der Waals surface area contributed by atoms with Crippen molar-refractivity contribution in [3.63, 3.8) is 0 Å². The van der Waals surface area contributed by atoms with E-state index in [1.54, 1.807) is 12.1 Å². The zero-order valence-corrected chi connectivity index (χ0v) is 19.2. The monoisotopic (exact) mass is 476 g/mol. The Hall–Kier alpha value is -2.54. The average Bonchev–Trinajstić information content (AvgIpc) is 3.31. The topological polar surface area (TPSA) is 66.0 Å². The second kappa shape index (κ2) is 9.30. The number of aromatic nitrogens is 4. The van der Waals surface area contributed by atoms with E-state index in [1.165, 1.54) is 0 Å². The molecule has 0 aliphatic rings. The van der Waals surface area contributed by atoms with Crippen LogP contribution in [0.25, 0.3) is 11.5 Å². The second-order valence-corrected chi connectivity index (χ2v) is 8.34. The van der Waals surface area contributed by atoms with Crippen LogP contribution in [0, 0.1) is 13.8 Å². The van der Waals surface area contributed by atoms with Crippen molar-refractivity contribution < 1.29 is 9.15 Å². The minimum absolute atomic E-state index is 0.272. The van der Waals surface area contributed by atoms with Crippen LogP contribution in [0.1, 0.15) is 22.8 Å². The van der Waals surface area contributed by atoms with Gasteiger partial charge in [0.15, 0.2) is 5.75 Å². The molecule has 2 aromatic carbocycles. The molecule has 0 aliphatic heterocycles. The molecule has 0 saturated carbocycles. The van der Waals surface area contributed by atoms with Crippen LogP contribution in [0.15, 0.2) is 46.9 Å². The number of nitrogens with zero attached hydrogens (tertiary/aromatic N) is 4. The molecule has 0 N–H and O–H groups in total. The maximum absolute atomic E-state index is 6.18. The third kappa shape index (κ3) is 5.21. The first-order valence-corrected chi connectivity index (χ1v) is 10.7. The Labute approximate surface area is 194 Å². The van der Waals surface area contributed by atoms with E-state index >= 15 is 0 Å². The predicted molar refractivity (Wildman–Crippen MR) is 121 cm³/mol. The van der Waals surface area contributed by atoms with Crippen LogP contribution >= 0.6 is 34.8 Å². The highest BCUT2D eigenvalue weighted by Gasteiger charge is 2.12. The van der Waals surface area contributed by atoms with Crippen molar-refractivity contribution in [3.8, 4) is 17.2 Å². The first-order chi connectivity index (χ1) is 14.9. The van der Waals surface area contributed by atoms with Crippen molar-refractivity contribution in [2.75, 3.05) is 0 Å². The molecule has 0 spiro atoms. The Bertz CT molecular complexity index is 1200. The van der Waals surface area contributed by atoms with Crippen molar-refractivity contribution in [2.24, 2.45) is 0 Å². The Morgan fingerprint density at radius 3 is 2.48 bits per heavy atom. The van der Waals surface area contributed by atoms with Gasteiger partial charge in [-0.3, -0.25) is 4.68 Å². The Kier molecular flexibility index (Phi) is 6.51. The molecule has 4 rings (SSSR count). The van der Waals surface area contributed by atoms with Gasteiger partial charge in [-0.05, 0) is 49.7 Å². The van der Waals surface area contributed by atoms with Gasteiger partial charge in [0.1, 0.15) is 6.61 Å². The summed E-state index contributed by atoms with van der Waals surface area (Å²) in [4.78, 5) is 0. The molecule has 0 fully saturated rings. The summed E-state index contributed by atoms with van der Waals surface area (Å²) in [6.07, 6.45) is 0.603. The number of hydrogen-bond acceptors (Lipinski definition) is 5. The fraction of sp³-hybridized carbons (Fsp3) is 0.227. The molecule has 4 aromatic rings. The highest BCUT2D eigenvalue weighted by molar-refractivity contribution is 6.40. The van der Waals surface area contributed by atoms with Crippen LogP contribution in [0.2, 0.25) is 15.1 Å². The molecule has 0 bridgehead atoms. The standard InChI is InChI=1S/C22H19Cl3N4O2/c1-13-8-14(2)29(28-13)7-6-20-26-27-22(31-20)16-5-3-4-15(9-16)12-30-21-18(24)10-17(23)11-19(21)25/h3-5,8-11H,6-7,12H2,1-2H3. The van der Waals surface area contributed by atoms with Gasteiger partial charge in [-0.25, -0.2) is 0 Å². The average molecular weight is 478 g/mol. The van der Waals surface area contributed by atoms with Crippen molar-refractivity contribution in [1.82, 2.24) is 20.0 Å². The maximum Gasteiger partial charge on any atom is 0.247 e. The molecule has 6 nitrogen and oxygen atoms in total. The Morgan fingerprint density at radius 2 is 1.77 bits per heavy atom.